The minimum Gasteiger partial charge on any atom is -0.344 e. The molecule has 0 atom stereocenters. The van der Waals surface area contributed by atoms with Gasteiger partial charge in [-0.05, 0) is 40.2 Å². The van der Waals surface area contributed by atoms with Crippen LogP contribution in [0.25, 0.3) is 0 Å². The highest BCUT2D eigenvalue weighted by molar-refractivity contribution is 7.69. The van der Waals surface area contributed by atoms with Gasteiger partial charge in [0.15, 0.2) is 0 Å². The van der Waals surface area contributed by atoms with Crippen LogP contribution in [0.2, 0.25) is 0 Å². The fraction of sp³-hybridized carbons (Fsp3) is 0.600. The van der Waals surface area contributed by atoms with E-state index in [0.29, 0.717) is 0 Å². The molecule has 0 spiro atoms. The van der Waals surface area contributed by atoms with E-state index in [1.807, 2.05) is 18.2 Å². The van der Waals surface area contributed by atoms with E-state index in [-0.39, 0.29) is 11.1 Å². The lowest BCUT2D eigenvalue weighted by atomic mass is 9.77. The molecule has 1 aliphatic heterocycles. The lowest BCUT2D eigenvalue weighted by Crippen LogP contribution is -3.23. The van der Waals surface area contributed by atoms with Crippen LogP contribution < -0.4 is 10.4 Å². The van der Waals surface area contributed by atoms with Gasteiger partial charge in [-0.2, -0.15) is 0 Å². The molecular weight excluding hydrogens is 311 g/mol. The smallest absolute Gasteiger partial charge is 0.276 e. The second-order valence-corrected chi connectivity index (χ2v) is 9.79. The van der Waals surface area contributed by atoms with Crippen molar-refractivity contribution in [2.75, 3.05) is 0 Å². The summed E-state index contributed by atoms with van der Waals surface area (Å²) in [5.41, 5.74) is 2.28. The average Bonchev–Trinajstić information content (AvgIpc) is 2.25. The topological polar surface area (TPSA) is 4.44 Å². The first kappa shape index (κ1) is 16.5. The van der Waals surface area contributed by atoms with Gasteiger partial charge in [0, 0.05) is 12.8 Å². The first-order chi connectivity index (χ1) is 9.06. The van der Waals surface area contributed by atoms with Crippen molar-refractivity contribution in [1.82, 2.24) is 0 Å². The maximum atomic E-state index is 6.25. The molecule has 0 amide bonds. The number of para-hydroxylation sites is 1. The zero-order valence-electron chi connectivity index (χ0n) is 12.6. The van der Waals surface area contributed by atoms with Crippen molar-refractivity contribution in [2.45, 2.75) is 58.0 Å². The first-order valence-corrected chi connectivity index (χ1v) is 8.54. The Labute approximate surface area is 137 Å². The monoisotopic (exact) mass is 333 g/mol. The van der Waals surface area contributed by atoms with Crippen molar-refractivity contribution in [2.24, 2.45) is 0 Å². The van der Waals surface area contributed by atoms with Gasteiger partial charge in [-0.3, -0.25) is 4.90 Å². The fourth-order valence-corrected chi connectivity index (χ4v) is 4.45. The molecule has 1 N–H and O–H groups in total. The third-order valence-corrected chi connectivity index (χ3v) is 5.25. The molecule has 0 aromatic heterocycles. The highest BCUT2D eigenvalue weighted by Crippen LogP contribution is 2.28. The number of benzene rings is 1. The summed E-state index contributed by atoms with van der Waals surface area (Å²) in [6.45, 7) is 9.24. The summed E-state index contributed by atoms with van der Waals surface area (Å²) >= 11 is 18.7. The van der Waals surface area contributed by atoms with Crippen LogP contribution in [0.5, 0.6) is 0 Å². The summed E-state index contributed by atoms with van der Waals surface area (Å²) in [6.07, 6.45) is 3.63. The van der Waals surface area contributed by atoms with Gasteiger partial charge >= 0.3 is 0 Å². The molecule has 0 bridgehead atoms. The molecule has 2 rings (SSSR count). The van der Waals surface area contributed by atoms with E-state index >= 15 is 0 Å². The van der Waals surface area contributed by atoms with Crippen LogP contribution in [0.3, 0.4) is 0 Å². The van der Waals surface area contributed by atoms with Crippen molar-refractivity contribution < 1.29 is 4.90 Å². The van der Waals surface area contributed by atoms with E-state index in [2.05, 4.69) is 33.8 Å². The third kappa shape index (κ3) is 3.14. The molecule has 0 unspecified atom stereocenters. The van der Waals surface area contributed by atoms with E-state index in [9.17, 15) is 0 Å². The van der Waals surface area contributed by atoms with Gasteiger partial charge in [-0.25, -0.2) is 0 Å². The molecule has 1 aromatic carbocycles. The van der Waals surface area contributed by atoms with Gasteiger partial charge in [0.05, 0.1) is 16.8 Å². The Bertz CT molecular complexity index is 478. The Morgan fingerprint density at radius 1 is 0.950 bits per heavy atom. The van der Waals surface area contributed by atoms with Crippen LogP contribution >= 0.6 is 34.4 Å². The summed E-state index contributed by atoms with van der Waals surface area (Å²) in [4.78, 5) is 1.43. The predicted octanol–water partition coefficient (Wildman–Crippen LogP) is 3.81. The second kappa shape index (κ2) is 5.39. The zero-order valence-corrected chi connectivity index (χ0v) is 14.9. The Balaban J connectivity index is 2.59. The maximum Gasteiger partial charge on any atom is 0.276 e. The minimum atomic E-state index is -2.06. The van der Waals surface area contributed by atoms with Gasteiger partial charge in [-0.1, -0.05) is 18.2 Å². The van der Waals surface area contributed by atoms with Crippen LogP contribution in [0.15, 0.2) is 24.3 Å². The van der Waals surface area contributed by atoms with E-state index in [4.69, 9.17) is 34.4 Å². The molecule has 1 heterocycles. The molecule has 1 saturated heterocycles. The summed E-state index contributed by atoms with van der Waals surface area (Å²) in [6, 6.07) is 8.06. The molecule has 0 aliphatic carbocycles. The van der Waals surface area contributed by atoms with E-state index in [0.717, 1.165) is 11.2 Å². The van der Waals surface area contributed by atoms with E-state index < -0.39 is 4.39 Å². The number of nitrogens with one attached hydrogen (secondary N) is 1. The molecule has 112 valence electrons. The van der Waals surface area contributed by atoms with Crippen LogP contribution in [-0.2, 0) is 0 Å². The number of halogens is 3. The normalized spacial score (nSPS) is 22.8. The molecule has 5 heteroatoms. The van der Waals surface area contributed by atoms with Crippen molar-refractivity contribution in [1.29, 1.82) is 0 Å². The van der Waals surface area contributed by atoms with Crippen molar-refractivity contribution in [3.05, 3.63) is 24.3 Å². The van der Waals surface area contributed by atoms with Crippen LogP contribution in [0.4, 0.5) is 5.69 Å². The quantitative estimate of drug-likeness (QED) is 0.785. The minimum absolute atomic E-state index is 0.143. The number of quaternary nitrogens is 1. The number of hydrogen-bond donors (Lipinski definition) is 1. The number of piperidine rings is 1. The fourth-order valence-electron chi connectivity index (χ4n) is 3.88. The zero-order chi connectivity index (χ0) is 15.2. The van der Waals surface area contributed by atoms with Gasteiger partial charge in [0.2, 0.25) is 0 Å². The third-order valence-electron chi connectivity index (χ3n) is 4.54. The average molecular weight is 335 g/mol. The Morgan fingerprint density at radius 2 is 1.45 bits per heavy atom. The summed E-state index contributed by atoms with van der Waals surface area (Å²) in [5, 5.41) is 0. The molecule has 0 saturated carbocycles. The second-order valence-electron chi connectivity index (χ2n) is 7.16. The Kier molecular flexibility index (Phi) is 4.44. The van der Waals surface area contributed by atoms with Crippen molar-refractivity contribution in [3.8, 4) is 0 Å². The molecule has 1 aromatic rings. The largest absolute Gasteiger partial charge is 0.344 e. The van der Waals surface area contributed by atoms with Crippen molar-refractivity contribution in [3.63, 3.8) is 0 Å². The highest BCUT2D eigenvalue weighted by atomic mass is 35.6. The molecule has 1 nitrogen and oxygen atoms in total. The molecule has 0 radical (unpaired) electrons. The lowest BCUT2D eigenvalue weighted by molar-refractivity contribution is -0.941. The van der Waals surface area contributed by atoms with Gasteiger partial charge in [0.25, 0.3) is 4.39 Å². The Hall–Kier alpha value is 0.115. The molecule has 1 aliphatic rings. The van der Waals surface area contributed by atoms with E-state index in [1.54, 1.807) is 0 Å². The van der Waals surface area contributed by atoms with Crippen LogP contribution in [-0.4, -0.2) is 15.5 Å². The number of hydrogen-bond acceptors (Lipinski definition) is 0. The van der Waals surface area contributed by atoms with Crippen LogP contribution in [0.1, 0.15) is 47.0 Å². The maximum absolute atomic E-state index is 6.25. The van der Waals surface area contributed by atoms with Crippen LogP contribution in [0, 0.1) is 0 Å². The summed E-state index contributed by atoms with van der Waals surface area (Å²) in [7, 11) is 0. The summed E-state index contributed by atoms with van der Waals surface area (Å²) in [5.74, 6) is 0. The molecule has 20 heavy (non-hydrogen) atoms. The Morgan fingerprint density at radius 3 is 1.95 bits per heavy atom. The van der Waals surface area contributed by atoms with E-state index in [1.165, 1.54) is 24.2 Å². The van der Waals surface area contributed by atoms with Crippen molar-refractivity contribution >= 4 is 49.9 Å². The SMILES string of the molecule is CC1(C)CCCC(C)(C)[NH+]1c1ccccc1[B-](Cl)(Cl)Cl. The predicted molar refractivity (Wildman–Crippen MR) is 92.0 cm³/mol. The number of rotatable bonds is 2. The van der Waals surface area contributed by atoms with Gasteiger partial charge in [0.1, 0.15) is 0 Å². The highest BCUT2D eigenvalue weighted by Gasteiger charge is 2.47. The standard InChI is InChI=1S/C15H22BCl3N/c1-14(2)10-7-11-15(3,4)20(14)13-9-6-5-8-12(13)16(17,18)19/h5-6,8-9H,7,10-11H2,1-4H3/q-1/p+1. The summed E-state index contributed by atoms with van der Waals surface area (Å²) < 4.78 is -2.06. The lowest BCUT2D eigenvalue weighted by Gasteiger charge is -2.50. The molecular formula is C15H23BCl3N. The first-order valence-electron chi connectivity index (χ1n) is 7.23. The van der Waals surface area contributed by atoms with Gasteiger partial charge < -0.3 is 34.4 Å². The van der Waals surface area contributed by atoms with Gasteiger partial charge in [-0.15, -0.1) is 5.46 Å². The molecule has 1 fully saturated rings.